The third-order valence-corrected chi connectivity index (χ3v) is 2.57. The largest absolute Gasteiger partial charge is 0.370 e. The maximum atomic E-state index is 13.2. The maximum absolute atomic E-state index is 13.2. The van der Waals surface area contributed by atoms with Crippen LogP contribution in [0.3, 0.4) is 0 Å². The minimum atomic E-state index is -0.255. The summed E-state index contributed by atoms with van der Waals surface area (Å²) in [4.78, 5) is 8.80. The normalized spacial score (nSPS) is 10.4. The number of hydrogen-bond donors (Lipinski definition) is 1. The average molecular weight is 245 g/mol. The van der Waals surface area contributed by atoms with E-state index in [0.717, 1.165) is 35.9 Å². The molecule has 0 fully saturated rings. The van der Waals surface area contributed by atoms with E-state index in [1.165, 1.54) is 12.1 Å². The fourth-order valence-corrected chi connectivity index (χ4v) is 1.72. The lowest BCUT2D eigenvalue weighted by Gasteiger charge is -2.08. The monoisotopic (exact) mass is 245 g/mol. The van der Waals surface area contributed by atoms with Crippen molar-refractivity contribution < 1.29 is 4.39 Å². The fourth-order valence-electron chi connectivity index (χ4n) is 1.72. The molecule has 0 amide bonds. The van der Waals surface area contributed by atoms with E-state index in [1.807, 2.05) is 26.0 Å². The fraction of sp³-hybridized carbons (Fsp3) is 0.286. The molecule has 0 aliphatic heterocycles. The Morgan fingerprint density at radius 1 is 1.17 bits per heavy atom. The first-order valence-corrected chi connectivity index (χ1v) is 6.10. The molecule has 4 heteroatoms. The average Bonchev–Trinajstić information content (AvgIpc) is 2.39. The number of aryl methyl sites for hydroxylation is 1. The summed E-state index contributed by atoms with van der Waals surface area (Å²) in [6, 6.07) is 8.29. The third-order valence-electron chi connectivity index (χ3n) is 2.57. The molecule has 1 N–H and O–H groups in total. The van der Waals surface area contributed by atoms with E-state index in [0.29, 0.717) is 0 Å². The van der Waals surface area contributed by atoms with Crippen LogP contribution in [0.5, 0.6) is 0 Å². The highest BCUT2D eigenvalue weighted by atomic mass is 19.1. The molecule has 18 heavy (non-hydrogen) atoms. The molecule has 1 aromatic carbocycles. The Kier molecular flexibility index (Phi) is 3.87. The van der Waals surface area contributed by atoms with Gasteiger partial charge in [0.15, 0.2) is 0 Å². The Morgan fingerprint density at radius 2 is 2.00 bits per heavy atom. The molecule has 0 unspecified atom stereocenters. The van der Waals surface area contributed by atoms with Gasteiger partial charge in [-0.1, -0.05) is 19.1 Å². The predicted molar refractivity (Wildman–Crippen MR) is 71.0 cm³/mol. The lowest BCUT2D eigenvalue weighted by Crippen LogP contribution is -2.04. The Hall–Kier alpha value is -1.97. The van der Waals surface area contributed by atoms with Crippen molar-refractivity contribution in [2.24, 2.45) is 0 Å². The summed E-state index contributed by atoms with van der Waals surface area (Å²) < 4.78 is 13.2. The molecule has 1 aromatic heterocycles. The summed E-state index contributed by atoms with van der Waals surface area (Å²) in [5.74, 6) is 1.28. The molecule has 0 bridgehead atoms. The second kappa shape index (κ2) is 5.58. The van der Waals surface area contributed by atoms with E-state index < -0.39 is 0 Å². The molecule has 0 aliphatic carbocycles. The predicted octanol–water partition coefficient (Wildman–Crippen LogP) is 3.28. The summed E-state index contributed by atoms with van der Waals surface area (Å²) in [5, 5.41) is 3.16. The van der Waals surface area contributed by atoms with E-state index in [2.05, 4.69) is 15.3 Å². The van der Waals surface area contributed by atoms with Crippen molar-refractivity contribution in [2.45, 2.75) is 20.3 Å². The van der Waals surface area contributed by atoms with Crippen LogP contribution in [0.1, 0.15) is 19.7 Å². The van der Waals surface area contributed by atoms with Gasteiger partial charge in [-0.05, 0) is 19.1 Å². The zero-order valence-corrected chi connectivity index (χ0v) is 10.6. The van der Waals surface area contributed by atoms with Crippen LogP contribution in [0.2, 0.25) is 0 Å². The Bertz CT molecular complexity index is 540. The van der Waals surface area contributed by atoms with Crippen molar-refractivity contribution >= 4 is 5.82 Å². The van der Waals surface area contributed by atoms with Crippen LogP contribution < -0.4 is 5.32 Å². The first-order chi connectivity index (χ1) is 8.72. The first-order valence-electron chi connectivity index (χ1n) is 6.10. The summed E-state index contributed by atoms with van der Waals surface area (Å²) in [6.45, 7) is 4.80. The number of aromatic nitrogens is 2. The second-order valence-electron chi connectivity index (χ2n) is 3.95. The number of benzene rings is 1. The van der Waals surface area contributed by atoms with Crippen LogP contribution >= 0.6 is 0 Å². The number of halogens is 1. The van der Waals surface area contributed by atoms with Gasteiger partial charge >= 0.3 is 0 Å². The van der Waals surface area contributed by atoms with Gasteiger partial charge in [0, 0.05) is 24.6 Å². The van der Waals surface area contributed by atoms with E-state index in [4.69, 9.17) is 0 Å². The van der Waals surface area contributed by atoms with E-state index in [-0.39, 0.29) is 5.82 Å². The molecule has 1 heterocycles. The molecule has 0 saturated heterocycles. The standard InChI is InChI=1S/C14H16FN3/c1-3-13-17-12(9-14(18-13)16-4-2)10-6-5-7-11(15)8-10/h5-9H,3-4H2,1-2H3,(H,16,17,18). The van der Waals surface area contributed by atoms with Gasteiger partial charge < -0.3 is 5.32 Å². The van der Waals surface area contributed by atoms with Crippen LogP contribution in [-0.2, 0) is 6.42 Å². The van der Waals surface area contributed by atoms with Gasteiger partial charge in [0.05, 0.1) is 5.69 Å². The molecule has 0 aliphatic rings. The lowest BCUT2D eigenvalue weighted by molar-refractivity contribution is 0.628. The van der Waals surface area contributed by atoms with Crippen molar-refractivity contribution in [3.63, 3.8) is 0 Å². The number of hydrogen-bond acceptors (Lipinski definition) is 3. The highest BCUT2D eigenvalue weighted by Gasteiger charge is 2.06. The van der Waals surface area contributed by atoms with Gasteiger partial charge in [0.1, 0.15) is 17.5 Å². The number of nitrogens with zero attached hydrogens (tertiary/aromatic N) is 2. The maximum Gasteiger partial charge on any atom is 0.131 e. The molecule has 0 spiro atoms. The van der Waals surface area contributed by atoms with Gasteiger partial charge in [-0.25, -0.2) is 14.4 Å². The van der Waals surface area contributed by atoms with Gasteiger partial charge in [-0.15, -0.1) is 0 Å². The van der Waals surface area contributed by atoms with Crippen molar-refractivity contribution in [2.75, 3.05) is 11.9 Å². The van der Waals surface area contributed by atoms with Crippen molar-refractivity contribution in [1.29, 1.82) is 0 Å². The molecule has 0 atom stereocenters. The van der Waals surface area contributed by atoms with Crippen LogP contribution in [0.25, 0.3) is 11.3 Å². The number of anilines is 1. The summed E-state index contributed by atoms with van der Waals surface area (Å²) in [5.41, 5.74) is 1.52. The van der Waals surface area contributed by atoms with Crippen molar-refractivity contribution in [3.05, 3.63) is 42.0 Å². The van der Waals surface area contributed by atoms with Gasteiger partial charge in [0.25, 0.3) is 0 Å². The molecule has 2 rings (SSSR count). The Labute approximate surface area is 106 Å². The SMILES string of the molecule is CCNc1cc(-c2cccc(F)c2)nc(CC)n1. The quantitative estimate of drug-likeness (QED) is 0.898. The molecule has 0 radical (unpaired) electrons. The van der Waals surface area contributed by atoms with Crippen molar-refractivity contribution in [3.8, 4) is 11.3 Å². The van der Waals surface area contributed by atoms with E-state index >= 15 is 0 Å². The minimum absolute atomic E-state index is 0.255. The molecule has 0 saturated carbocycles. The smallest absolute Gasteiger partial charge is 0.131 e. The van der Waals surface area contributed by atoms with Crippen LogP contribution in [0.4, 0.5) is 10.2 Å². The molecule has 3 nitrogen and oxygen atoms in total. The summed E-state index contributed by atoms with van der Waals surface area (Å²) in [7, 11) is 0. The van der Waals surface area contributed by atoms with Crippen LogP contribution in [-0.4, -0.2) is 16.5 Å². The van der Waals surface area contributed by atoms with Crippen LogP contribution in [0.15, 0.2) is 30.3 Å². The highest BCUT2D eigenvalue weighted by molar-refractivity contribution is 5.62. The van der Waals surface area contributed by atoms with E-state index in [9.17, 15) is 4.39 Å². The van der Waals surface area contributed by atoms with Gasteiger partial charge in [-0.2, -0.15) is 0 Å². The molecule has 94 valence electrons. The number of nitrogens with one attached hydrogen (secondary N) is 1. The lowest BCUT2D eigenvalue weighted by atomic mass is 10.1. The zero-order valence-electron chi connectivity index (χ0n) is 10.6. The molecular weight excluding hydrogens is 229 g/mol. The number of rotatable bonds is 4. The highest BCUT2D eigenvalue weighted by Crippen LogP contribution is 2.20. The Balaban J connectivity index is 2.46. The van der Waals surface area contributed by atoms with Crippen molar-refractivity contribution in [1.82, 2.24) is 9.97 Å². The molecular formula is C14H16FN3. The zero-order chi connectivity index (χ0) is 13.0. The van der Waals surface area contributed by atoms with Gasteiger partial charge in [0.2, 0.25) is 0 Å². The third kappa shape index (κ3) is 2.83. The Morgan fingerprint density at radius 3 is 2.67 bits per heavy atom. The van der Waals surface area contributed by atoms with E-state index in [1.54, 1.807) is 6.07 Å². The summed E-state index contributed by atoms with van der Waals surface area (Å²) >= 11 is 0. The molecule has 2 aromatic rings. The first kappa shape index (κ1) is 12.5. The summed E-state index contributed by atoms with van der Waals surface area (Å²) in [6.07, 6.45) is 0.752. The minimum Gasteiger partial charge on any atom is -0.370 e. The topological polar surface area (TPSA) is 37.8 Å². The van der Waals surface area contributed by atoms with Gasteiger partial charge in [-0.3, -0.25) is 0 Å². The second-order valence-corrected chi connectivity index (χ2v) is 3.95. The van der Waals surface area contributed by atoms with Crippen LogP contribution in [0, 0.1) is 5.82 Å².